The van der Waals surface area contributed by atoms with Crippen molar-refractivity contribution in [3.8, 4) is 0 Å². The molecule has 0 spiro atoms. The molecule has 0 aliphatic carbocycles. The molecule has 0 heterocycles. The van der Waals surface area contributed by atoms with Crippen molar-refractivity contribution in [2.75, 3.05) is 27.7 Å². The average molecular weight is 641 g/mol. The number of rotatable bonds is 35. The molecule has 3 atom stereocenters. The summed E-state index contributed by atoms with van der Waals surface area (Å²) < 4.78 is 0.623. The summed E-state index contributed by atoms with van der Waals surface area (Å²) in [7, 11) is 5.92. The van der Waals surface area contributed by atoms with Crippen LogP contribution in [0.3, 0.4) is 0 Å². The number of hydrogen-bond acceptors (Lipinski definition) is 3. The van der Waals surface area contributed by atoms with Crippen LogP contribution < -0.4 is 0 Å². The van der Waals surface area contributed by atoms with Crippen LogP contribution in [0.4, 0.5) is 0 Å². The highest BCUT2D eigenvalue weighted by atomic mass is 31.1. The third-order valence-corrected chi connectivity index (χ3v) is 10.3. The first-order chi connectivity index (χ1) is 21.2. The van der Waals surface area contributed by atoms with Gasteiger partial charge in [0.25, 0.3) is 0 Å². The number of carbonyl (C=O) groups excluding carboxylic acids is 2. The first-order valence-corrected chi connectivity index (χ1v) is 20.6. The summed E-state index contributed by atoms with van der Waals surface area (Å²) in [6.07, 6.45) is 36.3. The van der Waals surface area contributed by atoms with Gasteiger partial charge in [-0.25, -0.2) is 0 Å². The SMILES string of the molecule is CCCCCCCCCCCCCCCCC(C(=O)CCCCCCCCCCCCCCC)C(=O)PC(O)C[N+](C)(C)C. The van der Waals surface area contributed by atoms with Crippen molar-refractivity contribution < 1.29 is 19.2 Å². The molecule has 0 fully saturated rings. The molecule has 0 aliphatic rings. The molecule has 262 valence electrons. The van der Waals surface area contributed by atoms with Crippen LogP contribution in [0.15, 0.2) is 0 Å². The number of aliphatic hydroxyl groups excluding tert-OH is 1. The zero-order chi connectivity index (χ0) is 32.7. The molecule has 0 rings (SSSR count). The second kappa shape index (κ2) is 31.3. The molecule has 0 saturated carbocycles. The predicted octanol–water partition coefficient (Wildman–Crippen LogP) is 11.8. The largest absolute Gasteiger partial charge is 0.383 e. The van der Waals surface area contributed by atoms with Crippen LogP contribution in [0.2, 0.25) is 0 Å². The average Bonchev–Trinajstić information content (AvgIpc) is 2.96. The Morgan fingerprint density at radius 1 is 0.523 bits per heavy atom. The molecular weight excluding hydrogens is 561 g/mol. The number of carbonyl (C=O) groups is 2. The van der Waals surface area contributed by atoms with E-state index in [1.165, 1.54) is 148 Å². The van der Waals surface area contributed by atoms with E-state index in [1.807, 2.05) is 21.1 Å². The van der Waals surface area contributed by atoms with Gasteiger partial charge in [0.05, 0.1) is 27.1 Å². The summed E-state index contributed by atoms with van der Waals surface area (Å²) in [5.41, 5.74) is 0.000313. The monoisotopic (exact) mass is 641 g/mol. The molecule has 0 saturated heterocycles. The van der Waals surface area contributed by atoms with Gasteiger partial charge >= 0.3 is 0 Å². The van der Waals surface area contributed by atoms with Crippen molar-refractivity contribution >= 4 is 19.9 Å². The number of quaternary nitrogens is 1. The lowest BCUT2D eigenvalue weighted by molar-refractivity contribution is -0.871. The number of nitrogens with zero attached hydrogens (tertiary/aromatic N) is 1. The Balaban J connectivity index is 4.23. The second-order valence-electron chi connectivity index (χ2n) is 14.9. The van der Waals surface area contributed by atoms with E-state index in [0.717, 1.165) is 25.7 Å². The molecule has 0 aromatic carbocycles. The first kappa shape index (κ1) is 43.7. The van der Waals surface area contributed by atoms with E-state index < -0.39 is 11.8 Å². The van der Waals surface area contributed by atoms with Crippen LogP contribution in [0.25, 0.3) is 0 Å². The van der Waals surface area contributed by atoms with Crippen LogP contribution in [0.5, 0.6) is 0 Å². The summed E-state index contributed by atoms with van der Waals surface area (Å²) in [5.74, 6) is -1.01. The Kier molecular flexibility index (Phi) is 31.1. The topological polar surface area (TPSA) is 54.4 Å². The lowest BCUT2D eigenvalue weighted by Gasteiger charge is -2.27. The number of ketones is 1. The maximum atomic E-state index is 13.2. The highest BCUT2D eigenvalue weighted by Gasteiger charge is 2.28. The Bertz CT molecular complexity index is 648. The number of Topliss-reactive ketones (excluding diaryl/α,β-unsaturated/α-hetero) is 1. The first-order valence-electron chi connectivity index (χ1n) is 19.5. The molecule has 0 bridgehead atoms. The predicted molar refractivity (Wildman–Crippen MR) is 196 cm³/mol. The van der Waals surface area contributed by atoms with E-state index in [1.54, 1.807) is 0 Å². The minimum atomic E-state index is -0.648. The molecule has 0 aromatic rings. The summed E-state index contributed by atoms with van der Waals surface area (Å²) in [6.45, 7) is 5.09. The van der Waals surface area contributed by atoms with Gasteiger partial charge in [-0.1, -0.05) is 181 Å². The normalized spacial score (nSPS) is 13.6. The van der Waals surface area contributed by atoms with Crippen LogP contribution in [-0.2, 0) is 9.59 Å². The molecule has 44 heavy (non-hydrogen) atoms. The molecule has 1 N–H and O–H groups in total. The third-order valence-electron chi connectivity index (χ3n) is 9.11. The Hall–Kier alpha value is -0.310. The number of aliphatic hydroxyl groups is 1. The summed E-state index contributed by atoms with van der Waals surface area (Å²) in [6, 6.07) is 0. The van der Waals surface area contributed by atoms with Gasteiger partial charge in [-0.3, -0.25) is 9.59 Å². The Morgan fingerprint density at radius 2 is 0.841 bits per heavy atom. The smallest absolute Gasteiger partial charge is 0.164 e. The lowest BCUT2D eigenvalue weighted by Crippen LogP contribution is -2.40. The van der Waals surface area contributed by atoms with Gasteiger partial charge < -0.3 is 9.59 Å². The second-order valence-corrected chi connectivity index (χ2v) is 16.3. The maximum absolute atomic E-state index is 13.2. The fourth-order valence-electron chi connectivity index (χ4n) is 6.30. The van der Waals surface area contributed by atoms with Crippen molar-refractivity contribution in [2.45, 2.75) is 206 Å². The van der Waals surface area contributed by atoms with Crippen LogP contribution in [0, 0.1) is 5.92 Å². The van der Waals surface area contributed by atoms with Gasteiger partial charge in [0.15, 0.2) is 5.52 Å². The molecule has 0 aliphatic heterocycles. The lowest BCUT2D eigenvalue weighted by atomic mass is 9.93. The van der Waals surface area contributed by atoms with E-state index in [2.05, 4.69) is 13.8 Å². The van der Waals surface area contributed by atoms with Crippen molar-refractivity contribution in [3.05, 3.63) is 0 Å². The zero-order valence-corrected chi connectivity index (χ0v) is 31.6. The van der Waals surface area contributed by atoms with Crippen molar-refractivity contribution in [1.82, 2.24) is 0 Å². The molecule has 0 radical (unpaired) electrons. The minimum Gasteiger partial charge on any atom is -0.383 e. The quantitative estimate of drug-likeness (QED) is 0.0324. The van der Waals surface area contributed by atoms with Crippen LogP contribution >= 0.6 is 8.58 Å². The number of hydrogen-bond donors (Lipinski definition) is 1. The fraction of sp³-hybridized carbons (Fsp3) is 0.949. The molecule has 3 unspecified atom stereocenters. The fourth-order valence-corrected chi connectivity index (χ4v) is 7.78. The van der Waals surface area contributed by atoms with Gasteiger partial charge in [-0.2, -0.15) is 0 Å². The number of likely N-dealkylation sites (N-methyl/N-ethyl adjacent to an activating group) is 1. The highest BCUT2D eigenvalue weighted by molar-refractivity contribution is 7.58. The molecule has 0 amide bonds. The zero-order valence-electron chi connectivity index (χ0n) is 30.6. The van der Waals surface area contributed by atoms with Crippen LogP contribution in [0.1, 0.15) is 200 Å². The molecule has 4 nitrogen and oxygen atoms in total. The Labute approximate surface area is 278 Å². The molecule has 5 heteroatoms. The van der Waals surface area contributed by atoms with E-state index in [-0.39, 0.29) is 19.9 Å². The van der Waals surface area contributed by atoms with Crippen molar-refractivity contribution in [2.24, 2.45) is 5.92 Å². The maximum Gasteiger partial charge on any atom is 0.164 e. The van der Waals surface area contributed by atoms with E-state index in [0.29, 0.717) is 23.9 Å². The van der Waals surface area contributed by atoms with E-state index in [4.69, 9.17) is 0 Å². The van der Waals surface area contributed by atoms with Crippen LogP contribution in [-0.4, -0.2) is 54.4 Å². The molecule has 0 aromatic heterocycles. The highest BCUT2D eigenvalue weighted by Crippen LogP contribution is 2.29. The number of unbranched alkanes of at least 4 members (excludes halogenated alkanes) is 25. The van der Waals surface area contributed by atoms with E-state index in [9.17, 15) is 14.7 Å². The standard InChI is InChI=1S/C39H79NO3P/c1-6-8-10-12-14-16-18-20-22-23-25-27-29-31-33-36(39(43)44-38(42)35-40(3,4)5)37(41)34-32-30-28-26-24-21-19-17-15-13-11-9-7-2/h36,38,42,44H,6-35H2,1-5H3/q+1. The summed E-state index contributed by atoms with van der Waals surface area (Å²) in [5, 5.41) is 10.5. The Morgan fingerprint density at radius 3 is 1.18 bits per heavy atom. The van der Waals surface area contributed by atoms with Crippen molar-refractivity contribution in [1.29, 1.82) is 0 Å². The summed E-state index contributed by atoms with van der Waals surface area (Å²) in [4.78, 5) is 26.4. The van der Waals surface area contributed by atoms with Gasteiger partial charge in [-0.15, -0.1) is 0 Å². The van der Waals surface area contributed by atoms with E-state index >= 15 is 0 Å². The van der Waals surface area contributed by atoms with Gasteiger partial charge in [0, 0.05) is 6.42 Å². The van der Waals surface area contributed by atoms with Crippen molar-refractivity contribution in [3.63, 3.8) is 0 Å². The van der Waals surface area contributed by atoms with Gasteiger partial charge in [-0.05, 0) is 21.4 Å². The molecular formula is C39H79NO3P+. The minimum absolute atomic E-state index is 0.000313. The van der Waals surface area contributed by atoms with Gasteiger partial charge in [0.2, 0.25) is 0 Å². The van der Waals surface area contributed by atoms with Gasteiger partial charge in [0.1, 0.15) is 18.2 Å². The third kappa shape index (κ3) is 30.3. The summed E-state index contributed by atoms with van der Waals surface area (Å²) >= 11 is 0.